The van der Waals surface area contributed by atoms with Crippen LogP contribution in [-0.2, 0) is 17.3 Å². The second kappa shape index (κ2) is 66.8. The molecule has 1 amide bonds. The average Bonchev–Trinajstić information content (AvgIpc) is 1.56. The van der Waals surface area contributed by atoms with Crippen LogP contribution in [0.25, 0.3) is 11.1 Å². The number of ether oxygens (including phenoxy) is 1. The van der Waals surface area contributed by atoms with Crippen LogP contribution in [0.1, 0.15) is 292 Å². The molecule has 14 rings (SSSR count). The standard InChI is InChI=1S/C20H16O.C20H16.C14H14.C11H14N2O.C8H16.C8H10.11C2H6/c1-20(15-9-3-2-4-10-15)16-11-5-7-13-18(16)21-19-14-8-6-12-17(19)20;1-20(15-9-3-2-4-10-15)18-13-7-5-11-16(18)17-12-6-8-14-19(17)20;1-12(13-8-4-2-5-9-13)14-10-6-3-7-11-14;14-11(10-4-2-1-3-5-10)13-8-6-12-7-9-13;2*1-2-8-6-4-3-5-7-8;11*1-2/h2-14H,1H3;2-14H,1H3;2-12H,1H3;1-5,12H,6-9H2;8H,2-7H2,1H3;3-7H,2H2,1H3;11*1-2H3. The summed E-state index contributed by atoms with van der Waals surface area (Å²) in [6.07, 6.45) is 10.1. The van der Waals surface area contributed by atoms with Gasteiger partial charge in [0.1, 0.15) is 11.5 Å². The van der Waals surface area contributed by atoms with E-state index in [1.165, 1.54) is 99.7 Å². The maximum atomic E-state index is 11.9. The molecule has 1 saturated heterocycles. The first-order chi connectivity index (χ1) is 52.7. The quantitative estimate of drug-likeness (QED) is 0.173. The van der Waals surface area contributed by atoms with E-state index in [0.29, 0.717) is 5.92 Å². The van der Waals surface area contributed by atoms with E-state index >= 15 is 0 Å². The number of hydrogen-bond donors (Lipinski definition) is 1. The molecule has 10 aromatic carbocycles. The van der Waals surface area contributed by atoms with Crippen molar-refractivity contribution >= 4 is 5.91 Å². The number of nitrogens with zero attached hydrogens (tertiary/aromatic N) is 1. The van der Waals surface area contributed by atoms with Crippen LogP contribution in [0.4, 0.5) is 0 Å². The van der Waals surface area contributed by atoms with Gasteiger partial charge in [-0.2, -0.15) is 0 Å². The van der Waals surface area contributed by atoms with Crippen molar-refractivity contribution in [3.63, 3.8) is 0 Å². The van der Waals surface area contributed by atoms with Crippen LogP contribution in [-0.4, -0.2) is 37.0 Å². The summed E-state index contributed by atoms with van der Waals surface area (Å²) >= 11 is 0. The largest absolute Gasteiger partial charge is 0.457 e. The number of aryl methyl sites for hydroxylation is 1. The smallest absolute Gasteiger partial charge is 0.253 e. The van der Waals surface area contributed by atoms with Gasteiger partial charge in [0.05, 0.1) is 0 Å². The monoisotopic (exact) mass is 1450 g/mol. The van der Waals surface area contributed by atoms with Crippen molar-refractivity contribution in [2.45, 2.75) is 249 Å². The SMILES string of the molecule is CC.CC.CC.CC.CC.CC.CC.CC.CC.CC.CC.CC(c1ccccc1)c1ccccc1.CC1(c2ccccc2)c2ccccc2-c2ccccc21.CC1(c2ccccc2)c2ccccc2Oc2ccccc21.CCC1CCCCC1.CCc1ccccc1.O=C(c1ccccc1)N1CCNCC1. The van der Waals surface area contributed by atoms with Gasteiger partial charge < -0.3 is 15.0 Å². The highest BCUT2D eigenvalue weighted by Gasteiger charge is 2.41. The van der Waals surface area contributed by atoms with Gasteiger partial charge in [-0.25, -0.2) is 0 Å². The molecule has 0 atom stereocenters. The van der Waals surface area contributed by atoms with Crippen LogP contribution in [0.2, 0.25) is 0 Å². The summed E-state index contributed by atoms with van der Waals surface area (Å²) in [5.74, 6) is 3.61. The van der Waals surface area contributed by atoms with E-state index < -0.39 is 0 Å². The fraction of sp³-hybridized carbons (Fsp3) is 0.408. The van der Waals surface area contributed by atoms with Crippen LogP contribution in [0.5, 0.6) is 11.5 Å². The van der Waals surface area contributed by atoms with Crippen molar-refractivity contribution < 1.29 is 9.53 Å². The van der Waals surface area contributed by atoms with Crippen molar-refractivity contribution in [3.8, 4) is 22.6 Å². The summed E-state index contributed by atoms with van der Waals surface area (Å²) in [6, 6.07) is 96.8. The third-order valence-corrected chi connectivity index (χ3v) is 17.6. The Morgan fingerprint density at radius 1 is 0.374 bits per heavy atom. The molecule has 0 radical (unpaired) electrons. The second-order valence-electron chi connectivity index (χ2n) is 22.9. The molecule has 0 bridgehead atoms. The van der Waals surface area contributed by atoms with Gasteiger partial charge in [0, 0.05) is 59.6 Å². The number of piperazine rings is 1. The minimum Gasteiger partial charge on any atom is -0.457 e. The highest BCUT2D eigenvalue weighted by molar-refractivity contribution is 5.94. The summed E-state index contributed by atoms with van der Waals surface area (Å²) in [7, 11) is 0. The third-order valence-electron chi connectivity index (χ3n) is 17.6. The summed E-state index contributed by atoms with van der Waals surface area (Å²) in [4.78, 5) is 13.8. The summed E-state index contributed by atoms with van der Waals surface area (Å²) < 4.78 is 6.09. The zero-order valence-corrected chi connectivity index (χ0v) is 72.8. The number of carbonyl (C=O) groups is 1. The molecule has 2 heterocycles. The first-order valence-corrected chi connectivity index (χ1v) is 42.1. The lowest BCUT2D eigenvalue weighted by Crippen LogP contribution is -2.46. The molecule has 10 aromatic rings. The van der Waals surface area contributed by atoms with Gasteiger partial charge in [-0.15, -0.1) is 0 Å². The molecular formula is C103H152N2O2. The van der Waals surface area contributed by atoms with Crippen molar-refractivity contribution in [1.29, 1.82) is 0 Å². The van der Waals surface area contributed by atoms with Crippen molar-refractivity contribution in [3.05, 3.63) is 335 Å². The lowest BCUT2D eigenvalue weighted by Gasteiger charge is -2.37. The topological polar surface area (TPSA) is 41.6 Å². The molecule has 0 aromatic heterocycles. The van der Waals surface area contributed by atoms with Gasteiger partial charge >= 0.3 is 0 Å². The molecule has 1 saturated carbocycles. The fourth-order valence-corrected chi connectivity index (χ4v) is 12.4. The van der Waals surface area contributed by atoms with E-state index in [1.54, 1.807) is 0 Å². The lowest BCUT2D eigenvalue weighted by molar-refractivity contribution is 0.0735. The molecule has 2 fully saturated rings. The van der Waals surface area contributed by atoms with Crippen molar-refractivity contribution in [1.82, 2.24) is 10.2 Å². The van der Waals surface area contributed by atoms with Crippen molar-refractivity contribution in [2.24, 2.45) is 5.92 Å². The second-order valence-corrected chi connectivity index (χ2v) is 22.9. The summed E-state index contributed by atoms with van der Waals surface area (Å²) in [6.45, 7) is 58.8. The van der Waals surface area contributed by atoms with Crippen LogP contribution in [0.15, 0.2) is 279 Å². The third kappa shape index (κ3) is 33.2. The number of nitrogens with one attached hydrogen (secondary N) is 1. The Morgan fingerprint density at radius 3 is 0.991 bits per heavy atom. The Morgan fingerprint density at radius 2 is 0.664 bits per heavy atom. The Bertz CT molecular complexity index is 3430. The number of benzene rings is 10. The van der Waals surface area contributed by atoms with Gasteiger partial charge in [0.15, 0.2) is 0 Å². The highest BCUT2D eigenvalue weighted by Crippen LogP contribution is 2.53. The number of carbonyl (C=O) groups excluding carboxylic acids is 1. The predicted octanol–water partition coefficient (Wildman–Crippen LogP) is 31.3. The number of rotatable bonds is 7. The molecular weight excluding hydrogens is 1300 g/mol. The van der Waals surface area contributed by atoms with Crippen LogP contribution in [0, 0.1) is 5.92 Å². The molecule has 586 valence electrons. The van der Waals surface area contributed by atoms with E-state index in [2.05, 4.69) is 258 Å². The lowest BCUT2D eigenvalue weighted by atomic mass is 9.69. The van der Waals surface area contributed by atoms with E-state index in [4.69, 9.17) is 4.74 Å². The number of fused-ring (bicyclic) bond motifs is 5. The molecule has 4 aliphatic rings. The first kappa shape index (κ1) is 103. The van der Waals surface area contributed by atoms with E-state index in [0.717, 1.165) is 55.6 Å². The van der Waals surface area contributed by atoms with Gasteiger partial charge in [0.25, 0.3) is 5.91 Å². The zero-order valence-electron chi connectivity index (χ0n) is 72.8. The number of hydrogen-bond acceptors (Lipinski definition) is 3. The maximum absolute atomic E-state index is 11.9. The minimum atomic E-state index is -0.188. The first-order valence-electron chi connectivity index (χ1n) is 42.1. The minimum absolute atomic E-state index is 0.0472. The summed E-state index contributed by atoms with van der Waals surface area (Å²) in [5, 5.41) is 3.23. The predicted molar refractivity (Wildman–Crippen MR) is 482 cm³/mol. The van der Waals surface area contributed by atoms with Gasteiger partial charge in [-0.05, 0) is 101 Å². The highest BCUT2D eigenvalue weighted by atomic mass is 16.5. The van der Waals surface area contributed by atoms with E-state index in [9.17, 15) is 4.79 Å². The van der Waals surface area contributed by atoms with E-state index in [1.807, 2.05) is 218 Å². The van der Waals surface area contributed by atoms with E-state index in [-0.39, 0.29) is 16.7 Å². The Hall–Kier alpha value is -8.57. The normalized spacial score (nSPS) is 12.2. The van der Waals surface area contributed by atoms with Gasteiger partial charge in [-0.3, -0.25) is 4.79 Å². The number of amides is 1. The molecule has 0 unspecified atom stereocenters. The molecule has 2 aliphatic carbocycles. The average molecular weight is 1450 g/mol. The Balaban J connectivity index is -0.00000118. The molecule has 0 spiro atoms. The number of para-hydroxylation sites is 2. The zero-order chi connectivity index (χ0) is 81.1. The van der Waals surface area contributed by atoms with Gasteiger partial charge in [-0.1, -0.05) is 466 Å². The van der Waals surface area contributed by atoms with Crippen LogP contribution < -0.4 is 10.1 Å². The molecule has 4 nitrogen and oxygen atoms in total. The summed E-state index contributed by atoms with van der Waals surface area (Å²) in [5.41, 5.74) is 15.3. The van der Waals surface area contributed by atoms with Crippen LogP contribution in [0.3, 0.4) is 0 Å². The van der Waals surface area contributed by atoms with Crippen LogP contribution >= 0.6 is 0 Å². The Labute approximate surface area is 659 Å². The maximum Gasteiger partial charge on any atom is 0.253 e. The molecule has 2 aliphatic heterocycles. The van der Waals surface area contributed by atoms with Crippen molar-refractivity contribution in [2.75, 3.05) is 26.2 Å². The fourth-order valence-electron chi connectivity index (χ4n) is 12.4. The van der Waals surface area contributed by atoms with Gasteiger partial charge in [0.2, 0.25) is 0 Å². The Kier molecular flexibility index (Phi) is 64.1. The molecule has 4 heteroatoms. The molecule has 107 heavy (non-hydrogen) atoms. The molecule has 1 N–H and O–H groups in total.